The van der Waals surface area contributed by atoms with Gasteiger partial charge in [-0.05, 0) is 13.0 Å². The van der Waals surface area contributed by atoms with Crippen LogP contribution < -0.4 is 15.4 Å². The number of nitrogens with zero attached hydrogens (tertiary/aromatic N) is 1. The maximum absolute atomic E-state index is 11.5. The molecule has 1 rings (SSSR count). The third-order valence-corrected chi connectivity index (χ3v) is 2.47. The summed E-state index contributed by atoms with van der Waals surface area (Å²) >= 11 is 0. The smallest absolute Gasteiger partial charge is 0.321 e. The lowest BCUT2D eigenvalue weighted by atomic mass is 10.2. The van der Waals surface area contributed by atoms with Crippen molar-refractivity contribution in [1.82, 2.24) is 10.6 Å². The molecule has 0 saturated carbocycles. The minimum atomic E-state index is -0.667. The van der Waals surface area contributed by atoms with Crippen LogP contribution in [0, 0.1) is 17.0 Å². The molecule has 0 aliphatic carbocycles. The van der Waals surface area contributed by atoms with Gasteiger partial charge in [0.25, 0.3) is 11.6 Å². The monoisotopic (exact) mass is 293 g/mol. The van der Waals surface area contributed by atoms with Crippen molar-refractivity contribution in [2.24, 2.45) is 0 Å². The number of urea groups is 1. The molecular formula is C13H15N3O5. The molecule has 8 heteroatoms. The van der Waals surface area contributed by atoms with Gasteiger partial charge in [0.05, 0.1) is 10.5 Å². The number of amides is 3. The highest BCUT2D eigenvalue weighted by atomic mass is 16.6. The second-order valence-corrected chi connectivity index (χ2v) is 3.99. The zero-order chi connectivity index (χ0) is 15.8. The predicted octanol–water partition coefficient (Wildman–Crippen LogP) is 1.29. The highest BCUT2D eigenvalue weighted by Gasteiger charge is 2.15. The van der Waals surface area contributed by atoms with Gasteiger partial charge in [-0.3, -0.25) is 20.2 Å². The number of ether oxygens (including phenoxy) is 1. The van der Waals surface area contributed by atoms with Crippen LogP contribution in [0.3, 0.4) is 0 Å². The molecule has 0 atom stereocenters. The molecule has 0 bridgehead atoms. The van der Waals surface area contributed by atoms with E-state index in [1.54, 1.807) is 0 Å². The Kier molecular flexibility index (Phi) is 5.87. The fraction of sp³-hybridized carbons (Fsp3) is 0.231. The van der Waals surface area contributed by atoms with Gasteiger partial charge in [-0.25, -0.2) is 4.79 Å². The summed E-state index contributed by atoms with van der Waals surface area (Å²) in [5.74, 6) is -0.451. The van der Waals surface area contributed by atoms with Crippen LogP contribution in [0.25, 0.3) is 0 Å². The lowest BCUT2D eigenvalue weighted by molar-refractivity contribution is -0.385. The van der Waals surface area contributed by atoms with Gasteiger partial charge >= 0.3 is 6.03 Å². The van der Waals surface area contributed by atoms with Crippen molar-refractivity contribution < 1.29 is 19.2 Å². The van der Waals surface area contributed by atoms with Crippen LogP contribution in [0.4, 0.5) is 10.5 Å². The molecule has 0 aliphatic rings. The number of nitrogens with one attached hydrogen (secondary N) is 2. The standard InChI is InChI=1S/C13H15N3O5/c1-3-7-14-13(18)15-12(17)8-21-11-6-4-5-10(9(11)2)16(19)20/h3-6H,1,7-8H2,2H3,(H2,14,15,17,18). The first-order valence-corrected chi connectivity index (χ1v) is 6.01. The summed E-state index contributed by atoms with van der Waals surface area (Å²) in [5, 5.41) is 15.2. The van der Waals surface area contributed by atoms with Crippen LogP contribution in [-0.4, -0.2) is 30.0 Å². The SMILES string of the molecule is C=CCNC(=O)NC(=O)COc1cccc([N+](=O)[O-])c1C. The van der Waals surface area contributed by atoms with E-state index in [9.17, 15) is 19.7 Å². The third-order valence-electron chi connectivity index (χ3n) is 2.47. The number of carbonyl (C=O) groups excluding carboxylic acids is 2. The number of imide groups is 1. The highest BCUT2D eigenvalue weighted by molar-refractivity contribution is 5.95. The zero-order valence-electron chi connectivity index (χ0n) is 11.4. The van der Waals surface area contributed by atoms with Gasteiger partial charge in [-0.15, -0.1) is 6.58 Å². The van der Waals surface area contributed by atoms with Gasteiger partial charge in [-0.1, -0.05) is 12.1 Å². The summed E-state index contributed by atoms with van der Waals surface area (Å²) in [6, 6.07) is 3.63. The third kappa shape index (κ3) is 4.94. The summed E-state index contributed by atoms with van der Waals surface area (Å²) in [7, 11) is 0. The molecule has 1 aromatic rings. The van der Waals surface area contributed by atoms with E-state index in [0.717, 1.165) is 0 Å². The van der Waals surface area contributed by atoms with Crippen LogP contribution in [0.15, 0.2) is 30.9 Å². The van der Waals surface area contributed by atoms with Crippen molar-refractivity contribution in [3.05, 3.63) is 46.5 Å². The fourth-order valence-electron chi connectivity index (χ4n) is 1.47. The summed E-state index contributed by atoms with van der Waals surface area (Å²) in [6.07, 6.45) is 1.47. The van der Waals surface area contributed by atoms with E-state index in [4.69, 9.17) is 4.74 Å². The maximum atomic E-state index is 11.5. The van der Waals surface area contributed by atoms with Crippen LogP contribution in [-0.2, 0) is 4.79 Å². The Morgan fingerprint density at radius 3 is 2.81 bits per heavy atom. The van der Waals surface area contributed by atoms with Crippen LogP contribution >= 0.6 is 0 Å². The first kappa shape index (κ1) is 16.2. The fourth-order valence-corrected chi connectivity index (χ4v) is 1.47. The average Bonchev–Trinajstić information content (AvgIpc) is 2.43. The molecule has 8 nitrogen and oxygen atoms in total. The summed E-state index contributed by atoms with van der Waals surface area (Å²) < 4.78 is 5.18. The Morgan fingerprint density at radius 1 is 1.48 bits per heavy atom. The van der Waals surface area contributed by atoms with Gasteiger partial charge in [0, 0.05) is 12.6 Å². The van der Waals surface area contributed by atoms with Crippen LogP contribution in [0.5, 0.6) is 5.75 Å². The number of carbonyl (C=O) groups is 2. The van der Waals surface area contributed by atoms with E-state index >= 15 is 0 Å². The van der Waals surface area contributed by atoms with Crippen molar-refractivity contribution in [3.63, 3.8) is 0 Å². The zero-order valence-corrected chi connectivity index (χ0v) is 11.4. The van der Waals surface area contributed by atoms with Gasteiger partial charge in [0.2, 0.25) is 0 Å². The molecule has 21 heavy (non-hydrogen) atoms. The van der Waals surface area contributed by atoms with Crippen molar-refractivity contribution in [3.8, 4) is 5.75 Å². The average molecular weight is 293 g/mol. The molecule has 0 radical (unpaired) electrons. The molecule has 112 valence electrons. The van der Waals surface area contributed by atoms with E-state index in [0.29, 0.717) is 5.56 Å². The quantitative estimate of drug-likeness (QED) is 0.466. The first-order chi connectivity index (χ1) is 9.95. The van der Waals surface area contributed by atoms with Crippen molar-refractivity contribution in [1.29, 1.82) is 0 Å². The molecule has 3 amide bonds. The molecular weight excluding hydrogens is 278 g/mol. The number of hydrogen-bond donors (Lipinski definition) is 2. The van der Waals surface area contributed by atoms with Crippen molar-refractivity contribution >= 4 is 17.6 Å². The number of nitro groups is 1. The topological polar surface area (TPSA) is 111 Å². The molecule has 0 heterocycles. The van der Waals surface area contributed by atoms with Crippen molar-refractivity contribution in [2.75, 3.05) is 13.2 Å². The van der Waals surface area contributed by atoms with E-state index in [2.05, 4.69) is 11.9 Å². The number of benzene rings is 1. The molecule has 0 aliphatic heterocycles. The molecule has 1 aromatic carbocycles. The largest absolute Gasteiger partial charge is 0.483 e. The lowest BCUT2D eigenvalue weighted by Crippen LogP contribution is -2.41. The van der Waals surface area contributed by atoms with Gasteiger partial charge < -0.3 is 10.1 Å². The van der Waals surface area contributed by atoms with E-state index in [1.807, 2.05) is 5.32 Å². The van der Waals surface area contributed by atoms with E-state index < -0.39 is 23.5 Å². The number of hydrogen-bond acceptors (Lipinski definition) is 5. The second-order valence-electron chi connectivity index (χ2n) is 3.99. The maximum Gasteiger partial charge on any atom is 0.321 e. The Hall–Kier alpha value is -2.90. The van der Waals surface area contributed by atoms with Crippen LogP contribution in [0.1, 0.15) is 5.56 Å². The minimum absolute atomic E-state index is 0.100. The van der Waals surface area contributed by atoms with Crippen molar-refractivity contribution in [2.45, 2.75) is 6.92 Å². The molecule has 0 saturated heterocycles. The van der Waals surface area contributed by atoms with Gasteiger partial charge in [0.15, 0.2) is 6.61 Å². The molecule has 0 aromatic heterocycles. The molecule has 0 unspecified atom stereocenters. The normalized spacial score (nSPS) is 9.57. The first-order valence-electron chi connectivity index (χ1n) is 6.01. The van der Waals surface area contributed by atoms with Crippen LogP contribution in [0.2, 0.25) is 0 Å². The Labute approximate surface area is 120 Å². The molecule has 0 fully saturated rings. The molecule has 2 N–H and O–H groups in total. The van der Waals surface area contributed by atoms with E-state index in [1.165, 1.54) is 31.2 Å². The highest BCUT2D eigenvalue weighted by Crippen LogP contribution is 2.26. The number of nitro benzene ring substituents is 1. The summed E-state index contributed by atoms with van der Waals surface area (Å²) in [4.78, 5) is 32.9. The van der Waals surface area contributed by atoms with Gasteiger partial charge in [-0.2, -0.15) is 0 Å². The molecule has 0 spiro atoms. The summed E-state index contributed by atoms with van der Waals surface area (Å²) in [5.41, 5.74) is 0.211. The lowest BCUT2D eigenvalue weighted by Gasteiger charge is -2.09. The Bertz CT molecular complexity index is 571. The van der Waals surface area contributed by atoms with Gasteiger partial charge in [0.1, 0.15) is 5.75 Å². The Morgan fingerprint density at radius 2 is 2.19 bits per heavy atom. The predicted molar refractivity (Wildman–Crippen MR) is 75.1 cm³/mol. The number of rotatable bonds is 6. The summed E-state index contributed by atoms with van der Waals surface area (Å²) in [6.45, 7) is 4.73. The second kappa shape index (κ2) is 7.63. The minimum Gasteiger partial charge on any atom is -0.483 e. The van der Waals surface area contributed by atoms with E-state index in [-0.39, 0.29) is 18.0 Å². The Balaban J connectivity index is 2.57.